The molecule has 0 unspecified atom stereocenters. The number of halogens is 1. The molecule has 0 atom stereocenters. The quantitative estimate of drug-likeness (QED) is 0.0408. The van der Waals surface area contributed by atoms with Gasteiger partial charge < -0.3 is 5.11 Å². The van der Waals surface area contributed by atoms with Gasteiger partial charge >= 0.3 is 5.97 Å². The first-order valence-corrected chi connectivity index (χ1v) is 24.5. The zero-order chi connectivity index (χ0) is 32.2. The van der Waals surface area contributed by atoms with Crippen molar-refractivity contribution in [1.29, 1.82) is 0 Å². The number of rotatable bonds is 38. The number of carbonyl (C=O) groups is 1. The Labute approximate surface area is 283 Å². The molecule has 1 N–H and O–H groups in total. The highest BCUT2D eigenvalue weighted by Crippen LogP contribution is 2.20. The van der Waals surface area contributed by atoms with Crippen molar-refractivity contribution in [2.45, 2.75) is 250 Å². The minimum Gasteiger partial charge on any atom is -0.481 e. The van der Waals surface area contributed by atoms with Crippen molar-refractivity contribution < 1.29 is 9.90 Å². The smallest absolute Gasteiger partial charge is 0.303 e. The Kier molecular flexibility index (Phi) is 35.8. The third kappa shape index (κ3) is 42.0. The Hall–Kier alpha value is -0.0231. The molecule has 0 amide bonds. The van der Waals surface area contributed by atoms with E-state index in [2.05, 4.69) is 13.1 Å². The van der Waals surface area contributed by atoms with Gasteiger partial charge in [0.2, 0.25) is 0 Å². The van der Waals surface area contributed by atoms with Crippen LogP contribution < -0.4 is 0 Å². The van der Waals surface area contributed by atoms with E-state index in [-0.39, 0.29) is 0 Å². The van der Waals surface area contributed by atoms with Crippen LogP contribution in [0.15, 0.2) is 0 Å². The maximum absolute atomic E-state index is 10.5. The maximum atomic E-state index is 10.5. The summed E-state index contributed by atoms with van der Waals surface area (Å²) in [6, 6.07) is 1.29. The molecule has 44 heavy (non-hydrogen) atoms. The van der Waals surface area contributed by atoms with E-state index >= 15 is 0 Å². The van der Waals surface area contributed by atoms with E-state index in [0.717, 1.165) is 12.8 Å². The van der Waals surface area contributed by atoms with Crippen LogP contribution in [0.1, 0.15) is 231 Å². The van der Waals surface area contributed by atoms with Crippen molar-refractivity contribution in [1.82, 2.24) is 0 Å². The number of hydrogen-bond acceptors (Lipinski definition) is 1. The number of hydrogen-bond donors (Lipinski definition) is 1. The van der Waals surface area contributed by atoms with Gasteiger partial charge in [0.15, 0.2) is 0 Å². The molecule has 0 aliphatic heterocycles. The molecule has 0 fully saturated rings. The summed E-state index contributed by atoms with van der Waals surface area (Å²) in [5.74, 6) is -0.648. The Morgan fingerprint density at radius 2 is 0.523 bits per heavy atom. The average Bonchev–Trinajstić information content (AvgIpc) is 2.98. The van der Waals surface area contributed by atoms with Crippen LogP contribution in [-0.2, 0) is 4.79 Å². The van der Waals surface area contributed by atoms with Crippen LogP contribution in [0.3, 0.4) is 0 Å². The highest BCUT2D eigenvalue weighted by Gasteiger charge is 2.15. The largest absolute Gasteiger partial charge is 0.481 e. The molecule has 0 saturated carbocycles. The van der Waals surface area contributed by atoms with Crippen molar-refractivity contribution in [2.75, 3.05) is 0 Å². The monoisotopic (exact) mass is 657 g/mol. The van der Waals surface area contributed by atoms with Crippen molar-refractivity contribution in [2.24, 2.45) is 0 Å². The fraction of sp³-hybridized carbons (Fsp3) is 0.975. The first-order chi connectivity index (χ1) is 21.4. The lowest BCUT2D eigenvalue weighted by Gasteiger charge is -2.11. The second-order valence-electron chi connectivity index (χ2n) is 15.0. The molecule has 0 aromatic heterocycles. The molecular formula is C40H81ClO2Si. The minimum atomic E-state index is -1.32. The molecule has 0 heterocycles. The number of unbranched alkanes of at least 4 members (excludes halogenated alkanes) is 34. The Morgan fingerprint density at radius 3 is 0.682 bits per heavy atom. The Balaban J connectivity index is 3.06. The molecule has 0 spiro atoms. The summed E-state index contributed by atoms with van der Waals surface area (Å²) in [6.07, 6.45) is 49.6. The lowest BCUT2D eigenvalue weighted by molar-refractivity contribution is -0.137. The minimum absolute atomic E-state index is 0.345. The molecule has 0 saturated heterocycles. The van der Waals surface area contributed by atoms with E-state index in [1.165, 1.54) is 218 Å². The lowest BCUT2D eigenvalue weighted by atomic mass is 10.0. The summed E-state index contributed by atoms with van der Waals surface area (Å²) in [4.78, 5) is 10.5. The Bertz CT molecular complexity index is 562. The maximum Gasteiger partial charge on any atom is 0.303 e. The fourth-order valence-corrected chi connectivity index (χ4v) is 8.15. The van der Waals surface area contributed by atoms with Crippen LogP contribution in [-0.4, -0.2) is 18.5 Å². The third-order valence-corrected chi connectivity index (χ3v) is 11.8. The number of aliphatic carboxylic acids is 1. The molecule has 0 aliphatic rings. The first-order valence-electron chi connectivity index (χ1n) is 20.3. The van der Waals surface area contributed by atoms with Crippen molar-refractivity contribution in [3.05, 3.63) is 0 Å². The van der Waals surface area contributed by atoms with Gasteiger partial charge in [-0.1, -0.05) is 231 Å². The van der Waals surface area contributed by atoms with Gasteiger partial charge in [-0.2, -0.15) is 11.1 Å². The second kappa shape index (κ2) is 35.8. The summed E-state index contributed by atoms with van der Waals surface area (Å²) in [5.41, 5.74) is 0. The van der Waals surface area contributed by atoms with Crippen molar-refractivity contribution >= 4 is 24.4 Å². The van der Waals surface area contributed by atoms with E-state index in [1.807, 2.05) is 0 Å². The molecule has 0 aromatic carbocycles. The molecule has 4 heteroatoms. The summed E-state index contributed by atoms with van der Waals surface area (Å²) in [6.45, 7) is 4.54. The van der Waals surface area contributed by atoms with Gasteiger partial charge in [-0.25, -0.2) is 0 Å². The highest BCUT2D eigenvalue weighted by molar-refractivity contribution is 7.19. The van der Waals surface area contributed by atoms with Gasteiger partial charge in [-0.05, 0) is 12.5 Å². The van der Waals surface area contributed by atoms with Gasteiger partial charge in [0.1, 0.15) is 7.38 Å². The van der Waals surface area contributed by atoms with Gasteiger partial charge in [0.25, 0.3) is 0 Å². The summed E-state index contributed by atoms with van der Waals surface area (Å²) >= 11 is 6.40. The van der Waals surface area contributed by atoms with Crippen LogP contribution in [0.5, 0.6) is 0 Å². The zero-order valence-corrected chi connectivity index (χ0v) is 32.2. The van der Waals surface area contributed by atoms with Crippen LogP contribution in [0.4, 0.5) is 0 Å². The van der Waals surface area contributed by atoms with Crippen LogP contribution in [0.2, 0.25) is 19.1 Å². The zero-order valence-electron chi connectivity index (χ0n) is 30.4. The lowest BCUT2D eigenvalue weighted by Crippen LogP contribution is -2.14. The molecule has 0 aromatic rings. The van der Waals surface area contributed by atoms with Crippen LogP contribution in [0.25, 0.3) is 0 Å². The summed E-state index contributed by atoms with van der Waals surface area (Å²) in [7, 11) is -1.32. The predicted octanol–water partition coefficient (Wildman–Crippen LogP) is 15.6. The SMILES string of the molecule is C[Si](C)(Cl)CCCCCCCCCCCCCCCCCCCCCCCCCCCCCCCCCCCCCC(=O)O. The average molecular weight is 658 g/mol. The van der Waals surface area contributed by atoms with E-state index in [9.17, 15) is 4.79 Å². The second-order valence-corrected chi connectivity index (χ2v) is 22.0. The Morgan fingerprint density at radius 1 is 0.364 bits per heavy atom. The first kappa shape index (κ1) is 44.0. The third-order valence-electron chi connectivity index (χ3n) is 9.66. The van der Waals surface area contributed by atoms with Crippen molar-refractivity contribution in [3.8, 4) is 0 Å². The molecule has 0 aliphatic carbocycles. The normalized spacial score (nSPS) is 11.9. The van der Waals surface area contributed by atoms with Gasteiger partial charge in [-0.3, -0.25) is 4.79 Å². The van der Waals surface area contributed by atoms with E-state index in [1.54, 1.807) is 0 Å². The van der Waals surface area contributed by atoms with Gasteiger partial charge in [0, 0.05) is 6.42 Å². The molecule has 0 rings (SSSR count). The van der Waals surface area contributed by atoms with Gasteiger partial charge in [-0.15, -0.1) is 0 Å². The van der Waals surface area contributed by atoms with E-state index < -0.39 is 13.4 Å². The standard InChI is InChI=1S/C40H81ClO2Si/c1-44(2,41)39-37-35-33-31-29-27-25-23-21-19-17-15-13-11-9-7-5-3-4-6-8-10-12-14-16-18-20-22-24-26-28-30-32-34-36-38-40(42)43/h3-39H2,1-2H3,(H,42,43). The van der Waals surface area contributed by atoms with Gasteiger partial charge in [0.05, 0.1) is 0 Å². The van der Waals surface area contributed by atoms with Crippen LogP contribution in [0, 0.1) is 0 Å². The highest BCUT2D eigenvalue weighted by atomic mass is 35.6. The van der Waals surface area contributed by atoms with Crippen molar-refractivity contribution in [3.63, 3.8) is 0 Å². The molecular weight excluding hydrogens is 576 g/mol. The molecule has 264 valence electrons. The molecule has 2 nitrogen and oxygen atoms in total. The number of carboxylic acids is 1. The van der Waals surface area contributed by atoms with E-state index in [0.29, 0.717) is 6.42 Å². The topological polar surface area (TPSA) is 37.3 Å². The van der Waals surface area contributed by atoms with E-state index in [4.69, 9.17) is 16.2 Å². The fourth-order valence-electron chi connectivity index (χ4n) is 6.66. The van der Waals surface area contributed by atoms with Crippen LogP contribution >= 0.6 is 11.1 Å². The predicted molar refractivity (Wildman–Crippen MR) is 202 cm³/mol. The summed E-state index contributed by atoms with van der Waals surface area (Å²) < 4.78 is 0. The number of carboxylic acid groups (broad SMARTS) is 1. The summed E-state index contributed by atoms with van der Waals surface area (Å²) in [5, 5.41) is 8.64. The molecule has 0 radical (unpaired) electrons. The molecule has 0 bridgehead atoms.